The summed E-state index contributed by atoms with van der Waals surface area (Å²) in [6.07, 6.45) is 4.23. The molecule has 0 bridgehead atoms. The number of rotatable bonds is 8. The molecule has 19 heavy (non-hydrogen) atoms. The number of unbranched alkanes of at least 4 members (excludes halogenated alkanes) is 3. The van der Waals surface area contributed by atoms with Crippen LogP contribution in [0.5, 0.6) is 0 Å². The zero-order valence-corrected chi connectivity index (χ0v) is 12.5. The molecule has 0 heterocycles. The van der Waals surface area contributed by atoms with E-state index in [2.05, 4.69) is 11.6 Å². The van der Waals surface area contributed by atoms with Crippen LogP contribution in [0.25, 0.3) is 0 Å². The molecule has 0 saturated carbocycles. The molecule has 0 aliphatic heterocycles. The van der Waals surface area contributed by atoms with Crippen LogP contribution in [0.2, 0.25) is 0 Å². The molecule has 4 nitrogen and oxygen atoms in total. The summed E-state index contributed by atoms with van der Waals surface area (Å²) in [4.78, 5) is 0.299. The molecule has 1 aromatic rings. The Bertz CT molecular complexity index is 467. The molecule has 0 aromatic heterocycles. The number of hydrogen-bond acceptors (Lipinski definition) is 3. The van der Waals surface area contributed by atoms with E-state index < -0.39 is 10.0 Å². The lowest BCUT2D eigenvalue weighted by Crippen LogP contribution is -2.24. The molecule has 5 heteroatoms. The Kier molecular flexibility index (Phi) is 6.48. The molecule has 1 rings (SSSR count). The first-order chi connectivity index (χ1) is 8.97. The summed E-state index contributed by atoms with van der Waals surface area (Å²) < 4.78 is 26.6. The standard InChI is InChI=1S/C14H24N2O2S/c1-3-4-5-6-11-16-19(17,18)14-9-7-13(8-10-14)12(2)15/h7-10,12,16H,3-6,11,15H2,1-2H3. The Labute approximate surface area is 116 Å². The highest BCUT2D eigenvalue weighted by atomic mass is 32.2. The maximum absolute atomic E-state index is 12.0. The van der Waals surface area contributed by atoms with Crippen molar-refractivity contribution in [3.63, 3.8) is 0 Å². The zero-order valence-electron chi connectivity index (χ0n) is 11.7. The average Bonchev–Trinajstić information content (AvgIpc) is 2.38. The monoisotopic (exact) mass is 284 g/mol. The van der Waals surface area contributed by atoms with E-state index in [-0.39, 0.29) is 6.04 Å². The summed E-state index contributed by atoms with van der Waals surface area (Å²) in [6.45, 7) is 4.50. The first-order valence-electron chi connectivity index (χ1n) is 6.82. The second kappa shape index (κ2) is 7.62. The summed E-state index contributed by atoms with van der Waals surface area (Å²) in [5.74, 6) is 0. The maximum atomic E-state index is 12.0. The summed E-state index contributed by atoms with van der Waals surface area (Å²) in [6, 6.07) is 6.64. The predicted octanol–water partition coefficient (Wildman–Crippen LogP) is 2.56. The fourth-order valence-corrected chi connectivity index (χ4v) is 2.87. The van der Waals surface area contributed by atoms with Crippen molar-refractivity contribution in [2.24, 2.45) is 5.73 Å². The molecule has 0 aliphatic carbocycles. The number of hydrogen-bond donors (Lipinski definition) is 2. The normalized spacial score (nSPS) is 13.4. The van der Waals surface area contributed by atoms with Crippen molar-refractivity contribution in [2.45, 2.75) is 50.5 Å². The Morgan fingerprint density at radius 2 is 1.79 bits per heavy atom. The average molecular weight is 284 g/mol. The summed E-state index contributed by atoms with van der Waals surface area (Å²) in [7, 11) is -3.38. The van der Waals surface area contributed by atoms with Gasteiger partial charge in [0.1, 0.15) is 0 Å². The Balaban J connectivity index is 2.57. The molecule has 0 aliphatic rings. The molecule has 0 amide bonds. The van der Waals surface area contributed by atoms with Gasteiger partial charge in [-0.2, -0.15) is 0 Å². The fourth-order valence-electron chi connectivity index (χ4n) is 1.79. The van der Waals surface area contributed by atoms with Gasteiger partial charge in [0.25, 0.3) is 0 Å². The first kappa shape index (κ1) is 16.1. The third-order valence-electron chi connectivity index (χ3n) is 3.04. The minimum absolute atomic E-state index is 0.0845. The van der Waals surface area contributed by atoms with Crippen LogP contribution >= 0.6 is 0 Å². The maximum Gasteiger partial charge on any atom is 0.240 e. The van der Waals surface area contributed by atoms with Crippen LogP contribution in [0.4, 0.5) is 0 Å². The Morgan fingerprint density at radius 1 is 1.16 bits per heavy atom. The van der Waals surface area contributed by atoms with E-state index in [9.17, 15) is 8.42 Å². The van der Waals surface area contributed by atoms with Gasteiger partial charge in [0.05, 0.1) is 4.90 Å². The van der Waals surface area contributed by atoms with Gasteiger partial charge in [0.15, 0.2) is 0 Å². The van der Waals surface area contributed by atoms with E-state index in [1.54, 1.807) is 24.3 Å². The van der Waals surface area contributed by atoms with E-state index in [0.29, 0.717) is 11.4 Å². The summed E-state index contributed by atoms with van der Waals surface area (Å²) in [5.41, 5.74) is 6.67. The predicted molar refractivity (Wildman–Crippen MR) is 78.4 cm³/mol. The van der Waals surface area contributed by atoms with Crippen molar-refractivity contribution in [2.75, 3.05) is 6.54 Å². The number of sulfonamides is 1. The minimum atomic E-state index is -3.38. The minimum Gasteiger partial charge on any atom is -0.324 e. The van der Waals surface area contributed by atoms with Crippen LogP contribution in [0, 0.1) is 0 Å². The molecule has 0 spiro atoms. The van der Waals surface area contributed by atoms with Crippen LogP contribution in [-0.2, 0) is 10.0 Å². The van der Waals surface area contributed by atoms with Crippen molar-refractivity contribution < 1.29 is 8.42 Å². The fraction of sp³-hybridized carbons (Fsp3) is 0.571. The smallest absolute Gasteiger partial charge is 0.240 e. The van der Waals surface area contributed by atoms with Crippen molar-refractivity contribution in [3.05, 3.63) is 29.8 Å². The van der Waals surface area contributed by atoms with Gasteiger partial charge in [-0.1, -0.05) is 38.3 Å². The van der Waals surface area contributed by atoms with Gasteiger partial charge in [0.2, 0.25) is 10.0 Å². The van der Waals surface area contributed by atoms with E-state index in [1.165, 1.54) is 0 Å². The zero-order chi connectivity index (χ0) is 14.3. The van der Waals surface area contributed by atoms with Gasteiger partial charge in [0, 0.05) is 12.6 Å². The van der Waals surface area contributed by atoms with Crippen molar-refractivity contribution in [1.29, 1.82) is 0 Å². The van der Waals surface area contributed by atoms with Crippen LogP contribution in [0.15, 0.2) is 29.2 Å². The Hall–Kier alpha value is -0.910. The number of nitrogens with two attached hydrogens (primary N) is 1. The van der Waals surface area contributed by atoms with Crippen LogP contribution in [0.1, 0.15) is 51.1 Å². The first-order valence-corrected chi connectivity index (χ1v) is 8.31. The highest BCUT2D eigenvalue weighted by Crippen LogP contribution is 2.14. The molecule has 3 N–H and O–H groups in total. The molecule has 1 atom stereocenters. The van der Waals surface area contributed by atoms with Crippen molar-refractivity contribution >= 4 is 10.0 Å². The van der Waals surface area contributed by atoms with Gasteiger partial charge in [-0.25, -0.2) is 13.1 Å². The molecule has 108 valence electrons. The van der Waals surface area contributed by atoms with Gasteiger partial charge < -0.3 is 5.73 Å². The molecule has 1 unspecified atom stereocenters. The van der Waals surface area contributed by atoms with E-state index in [1.807, 2.05) is 6.92 Å². The quantitative estimate of drug-likeness (QED) is 0.721. The molecular weight excluding hydrogens is 260 g/mol. The van der Waals surface area contributed by atoms with Crippen molar-refractivity contribution in [3.8, 4) is 0 Å². The molecule has 0 radical (unpaired) electrons. The topological polar surface area (TPSA) is 72.2 Å². The second-order valence-electron chi connectivity index (χ2n) is 4.82. The highest BCUT2D eigenvalue weighted by molar-refractivity contribution is 7.89. The van der Waals surface area contributed by atoms with Crippen LogP contribution in [-0.4, -0.2) is 15.0 Å². The molecule has 1 aromatic carbocycles. The van der Waals surface area contributed by atoms with Crippen LogP contribution in [0.3, 0.4) is 0 Å². The number of nitrogens with one attached hydrogen (secondary N) is 1. The molecule has 0 saturated heterocycles. The SMILES string of the molecule is CCCCCCNS(=O)(=O)c1ccc(C(C)N)cc1. The highest BCUT2D eigenvalue weighted by Gasteiger charge is 2.13. The van der Waals surface area contributed by atoms with Gasteiger partial charge in [-0.3, -0.25) is 0 Å². The third kappa shape index (κ3) is 5.30. The lowest BCUT2D eigenvalue weighted by atomic mass is 10.1. The largest absolute Gasteiger partial charge is 0.324 e. The lowest BCUT2D eigenvalue weighted by Gasteiger charge is -2.09. The van der Waals surface area contributed by atoms with E-state index in [0.717, 1.165) is 31.2 Å². The number of benzene rings is 1. The van der Waals surface area contributed by atoms with Crippen LogP contribution < -0.4 is 10.5 Å². The van der Waals surface area contributed by atoms with E-state index >= 15 is 0 Å². The summed E-state index contributed by atoms with van der Waals surface area (Å²) >= 11 is 0. The van der Waals surface area contributed by atoms with Gasteiger partial charge in [-0.15, -0.1) is 0 Å². The summed E-state index contributed by atoms with van der Waals surface area (Å²) in [5, 5.41) is 0. The lowest BCUT2D eigenvalue weighted by molar-refractivity contribution is 0.573. The third-order valence-corrected chi connectivity index (χ3v) is 4.52. The second-order valence-corrected chi connectivity index (χ2v) is 6.58. The molecule has 0 fully saturated rings. The van der Waals surface area contributed by atoms with E-state index in [4.69, 9.17) is 5.73 Å². The molecular formula is C14H24N2O2S. The Morgan fingerprint density at radius 3 is 2.32 bits per heavy atom. The van der Waals surface area contributed by atoms with Crippen molar-refractivity contribution in [1.82, 2.24) is 4.72 Å². The van der Waals surface area contributed by atoms with Gasteiger partial charge >= 0.3 is 0 Å². The van der Waals surface area contributed by atoms with Gasteiger partial charge in [-0.05, 0) is 31.0 Å².